The molecule has 4 rings (SSSR count). The number of fused-ring (bicyclic) bond motifs is 1. The average molecular weight is 493 g/mol. The van der Waals surface area contributed by atoms with Crippen LogP contribution in [-0.2, 0) is 10.1 Å². The first-order valence-electron chi connectivity index (χ1n) is 8.99. The number of rotatable bonds is 4. The predicted molar refractivity (Wildman–Crippen MR) is 121 cm³/mol. The highest BCUT2D eigenvalue weighted by Gasteiger charge is 2.20. The molecule has 0 saturated heterocycles. The van der Waals surface area contributed by atoms with Gasteiger partial charge in [-0.15, -0.1) is 10.2 Å². The monoisotopic (exact) mass is 492 g/mol. The van der Waals surface area contributed by atoms with Crippen LogP contribution in [0.1, 0.15) is 5.69 Å². The zero-order chi connectivity index (χ0) is 23.2. The van der Waals surface area contributed by atoms with Gasteiger partial charge >= 0.3 is 0 Å². The molecule has 0 aliphatic carbocycles. The molecule has 0 bridgehead atoms. The van der Waals surface area contributed by atoms with Crippen molar-refractivity contribution in [2.45, 2.75) is 11.8 Å². The van der Waals surface area contributed by atoms with Gasteiger partial charge in [-0.25, -0.2) is 4.68 Å². The van der Waals surface area contributed by atoms with Crippen LogP contribution in [0.2, 0.25) is 10.0 Å². The number of aromatic amines is 1. The Bertz CT molecular complexity index is 1580. The molecule has 0 aliphatic heterocycles. The highest BCUT2D eigenvalue weighted by molar-refractivity contribution is 7.86. The summed E-state index contributed by atoms with van der Waals surface area (Å²) in [4.78, 5) is 12.4. The lowest BCUT2D eigenvalue weighted by atomic mass is 10.1. The van der Waals surface area contributed by atoms with Gasteiger partial charge in [0.15, 0.2) is 5.69 Å². The lowest BCUT2D eigenvalue weighted by Gasteiger charge is -2.08. The molecule has 3 N–H and O–H groups in total. The lowest BCUT2D eigenvalue weighted by Crippen LogP contribution is -2.14. The number of halogens is 2. The normalized spacial score (nSPS) is 12.1. The molecule has 164 valence electrons. The fraction of sp³-hybridized carbons (Fsp3) is 0.0500. The van der Waals surface area contributed by atoms with Crippen LogP contribution in [0.3, 0.4) is 0 Å². The van der Waals surface area contributed by atoms with Gasteiger partial charge in [0.25, 0.3) is 15.7 Å². The van der Waals surface area contributed by atoms with Crippen LogP contribution >= 0.6 is 23.2 Å². The number of benzene rings is 3. The molecule has 0 unspecified atom stereocenters. The fourth-order valence-corrected chi connectivity index (χ4v) is 4.30. The molecule has 3 aromatic carbocycles. The summed E-state index contributed by atoms with van der Waals surface area (Å²) in [7, 11) is -4.60. The average Bonchev–Trinajstić information content (AvgIpc) is 3.01. The van der Waals surface area contributed by atoms with Crippen LogP contribution in [0.5, 0.6) is 5.75 Å². The Labute approximate surface area is 191 Å². The zero-order valence-electron chi connectivity index (χ0n) is 16.2. The van der Waals surface area contributed by atoms with E-state index >= 15 is 0 Å². The highest BCUT2D eigenvalue weighted by atomic mass is 35.5. The first kappa shape index (κ1) is 22.0. The van der Waals surface area contributed by atoms with E-state index in [0.717, 1.165) is 10.7 Å². The van der Waals surface area contributed by atoms with Crippen molar-refractivity contribution in [1.29, 1.82) is 0 Å². The molecule has 32 heavy (non-hydrogen) atoms. The van der Waals surface area contributed by atoms with Crippen molar-refractivity contribution in [3.8, 4) is 11.4 Å². The van der Waals surface area contributed by atoms with E-state index in [1.807, 2.05) is 0 Å². The maximum Gasteiger partial charge on any atom is 0.299 e. The summed E-state index contributed by atoms with van der Waals surface area (Å²) in [5.41, 5.74) is 0.00477. The van der Waals surface area contributed by atoms with Crippen molar-refractivity contribution < 1.29 is 18.1 Å². The van der Waals surface area contributed by atoms with Gasteiger partial charge in [-0.1, -0.05) is 47.5 Å². The van der Waals surface area contributed by atoms with Crippen LogP contribution in [-0.4, -0.2) is 27.9 Å². The second-order valence-corrected chi connectivity index (χ2v) is 9.02. The van der Waals surface area contributed by atoms with Gasteiger partial charge in [0, 0.05) is 21.9 Å². The van der Waals surface area contributed by atoms with Crippen molar-refractivity contribution in [3.05, 3.63) is 74.6 Å². The van der Waals surface area contributed by atoms with E-state index in [1.54, 1.807) is 31.2 Å². The standard InChI is InChI=1S/C20H14Cl2N4O5S/c1-10-18(20(28)26(25-10)15-8-11(21)6-7-14(15)22)23-24-19-13-5-3-2-4-12(13)17(9-16(19)27)32(29,30)31/h2-9,25,27H,1H3,(H,29,30,31). The summed E-state index contributed by atoms with van der Waals surface area (Å²) in [6.07, 6.45) is 0. The molecule has 0 atom stereocenters. The third kappa shape index (κ3) is 3.89. The number of phenolic OH excluding ortho intramolecular Hbond substituents is 1. The summed E-state index contributed by atoms with van der Waals surface area (Å²) in [6, 6.07) is 11.6. The maximum atomic E-state index is 12.9. The van der Waals surface area contributed by atoms with E-state index in [9.17, 15) is 22.9 Å². The first-order chi connectivity index (χ1) is 15.1. The molecule has 1 aromatic heterocycles. The lowest BCUT2D eigenvalue weighted by molar-refractivity contribution is 0.468. The van der Waals surface area contributed by atoms with E-state index in [1.165, 1.54) is 18.2 Å². The molecule has 1 heterocycles. The smallest absolute Gasteiger partial charge is 0.299 e. The minimum atomic E-state index is -4.60. The number of aromatic nitrogens is 2. The van der Waals surface area contributed by atoms with Gasteiger partial charge in [0.1, 0.15) is 16.3 Å². The summed E-state index contributed by atoms with van der Waals surface area (Å²) in [5, 5.41) is 22.2. The topological polar surface area (TPSA) is 137 Å². The molecule has 0 saturated carbocycles. The van der Waals surface area contributed by atoms with Crippen LogP contribution in [0.4, 0.5) is 11.4 Å². The zero-order valence-corrected chi connectivity index (χ0v) is 18.6. The van der Waals surface area contributed by atoms with Crippen molar-refractivity contribution in [3.63, 3.8) is 0 Å². The number of aromatic hydroxyl groups is 1. The first-order valence-corrected chi connectivity index (χ1v) is 11.2. The number of nitrogens with one attached hydrogen (secondary N) is 1. The minimum Gasteiger partial charge on any atom is -0.506 e. The van der Waals surface area contributed by atoms with Crippen LogP contribution < -0.4 is 5.56 Å². The highest BCUT2D eigenvalue weighted by Crippen LogP contribution is 2.39. The Morgan fingerprint density at radius 2 is 1.66 bits per heavy atom. The molecule has 0 aliphatic rings. The van der Waals surface area contributed by atoms with Crippen molar-refractivity contribution in [2.24, 2.45) is 10.2 Å². The Hall–Kier alpha value is -3.18. The second-order valence-electron chi connectivity index (χ2n) is 6.78. The predicted octanol–water partition coefficient (Wildman–Crippen LogP) is 5.30. The molecule has 9 nitrogen and oxygen atoms in total. The third-order valence-corrected chi connectivity index (χ3v) is 6.12. The molecular weight excluding hydrogens is 479 g/mol. The maximum absolute atomic E-state index is 12.9. The van der Waals surface area contributed by atoms with Crippen LogP contribution in [0.15, 0.2) is 68.4 Å². The fourth-order valence-electron chi connectivity index (χ4n) is 3.21. The number of H-pyrrole nitrogens is 1. The summed E-state index contributed by atoms with van der Waals surface area (Å²) in [5.74, 6) is -0.536. The third-order valence-electron chi connectivity index (χ3n) is 4.68. The summed E-state index contributed by atoms with van der Waals surface area (Å²) in [6.45, 7) is 1.60. The van der Waals surface area contributed by atoms with Gasteiger partial charge in [-0.2, -0.15) is 8.42 Å². The van der Waals surface area contributed by atoms with E-state index in [4.69, 9.17) is 23.2 Å². The van der Waals surface area contributed by atoms with Gasteiger partial charge in [-0.3, -0.25) is 14.4 Å². The Kier molecular flexibility index (Phi) is 5.55. The van der Waals surface area contributed by atoms with Crippen LogP contribution in [0.25, 0.3) is 16.5 Å². The largest absolute Gasteiger partial charge is 0.506 e. The molecular formula is C20H14Cl2N4O5S. The van der Waals surface area contributed by atoms with Gasteiger partial charge in [0.2, 0.25) is 0 Å². The van der Waals surface area contributed by atoms with E-state index < -0.39 is 26.3 Å². The second kappa shape index (κ2) is 8.06. The Morgan fingerprint density at radius 1 is 1.00 bits per heavy atom. The Morgan fingerprint density at radius 3 is 2.34 bits per heavy atom. The minimum absolute atomic E-state index is 0.0524. The number of hydrogen-bond acceptors (Lipinski definition) is 6. The SMILES string of the molecule is Cc1[nH]n(-c2cc(Cl)ccc2Cl)c(=O)c1N=Nc1c(O)cc(S(=O)(=O)O)c2ccccc12. The van der Waals surface area contributed by atoms with Crippen molar-refractivity contribution >= 4 is 55.5 Å². The number of nitrogens with zero attached hydrogens (tertiary/aromatic N) is 3. The number of hydrogen-bond donors (Lipinski definition) is 3. The van der Waals surface area contributed by atoms with Crippen LogP contribution in [0, 0.1) is 6.92 Å². The molecule has 0 amide bonds. The van der Waals surface area contributed by atoms with E-state index in [2.05, 4.69) is 15.3 Å². The van der Waals surface area contributed by atoms with E-state index in [-0.39, 0.29) is 27.2 Å². The van der Waals surface area contributed by atoms with Crippen molar-refractivity contribution in [1.82, 2.24) is 9.78 Å². The molecule has 0 fully saturated rings. The Balaban J connectivity index is 1.87. The number of aryl methyl sites for hydroxylation is 1. The number of azo groups is 1. The van der Waals surface area contributed by atoms with Gasteiger partial charge in [-0.05, 0) is 25.1 Å². The number of phenols is 1. The quantitative estimate of drug-likeness (QED) is 0.262. The molecule has 12 heteroatoms. The summed E-state index contributed by atoms with van der Waals surface area (Å²) < 4.78 is 34.0. The van der Waals surface area contributed by atoms with Gasteiger partial charge in [0.05, 0.1) is 16.4 Å². The summed E-state index contributed by atoms with van der Waals surface area (Å²) >= 11 is 12.2. The molecule has 0 spiro atoms. The molecule has 4 aromatic rings. The van der Waals surface area contributed by atoms with E-state index in [0.29, 0.717) is 16.4 Å². The van der Waals surface area contributed by atoms with Crippen molar-refractivity contribution in [2.75, 3.05) is 0 Å². The molecule has 0 radical (unpaired) electrons. The van der Waals surface area contributed by atoms with Gasteiger partial charge < -0.3 is 5.11 Å².